The summed E-state index contributed by atoms with van der Waals surface area (Å²) in [6.07, 6.45) is 0.194. The molecule has 1 aromatic heterocycles. The molecule has 0 unspecified atom stereocenters. The van der Waals surface area contributed by atoms with Crippen molar-refractivity contribution in [1.82, 2.24) is 4.98 Å². The molecule has 25 heavy (non-hydrogen) atoms. The summed E-state index contributed by atoms with van der Waals surface area (Å²) in [6, 6.07) is 17.3. The minimum atomic E-state index is -0.295. The molecule has 0 fully saturated rings. The maximum absolute atomic E-state index is 11.4. The number of methoxy groups -OCH3 is 2. The van der Waals surface area contributed by atoms with E-state index >= 15 is 0 Å². The molecule has 3 aromatic rings. The van der Waals surface area contributed by atoms with E-state index in [0.717, 1.165) is 22.2 Å². The van der Waals surface area contributed by atoms with Crippen molar-refractivity contribution >= 4 is 16.9 Å². The van der Waals surface area contributed by atoms with E-state index in [0.29, 0.717) is 18.1 Å². The second-order valence-corrected chi connectivity index (χ2v) is 5.52. The smallest absolute Gasteiger partial charge is 0.309 e. The highest BCUT2D eigenvalue weighted by molar-refractivity contribution is 5.78. The molecule has 0 radical (unpaired) electrons. The molecule has 0 aliphatic carbocycles. The number of ether oxygens (including phenoxy) is 3. The summed E-state index contributed by atoms with van der Waals surface area (Å²) in [7, 11) is 2.94. The zero-order valence-electron chi connectivity index (χ0n) is 14.2. The van der Waals surface area contributed by atoms with Crippen LogP contribution >= 0.6 is 0 Å². The fraction of sp³-hybridized carbons (Fsp3) is 0.200. The molecule has 5 heteroatoms. The lowest BCUT2D eigenvalue weighted by molar-refractivity contribution is -0.139. The number of carbonyl (C=O) groups is 1. The Kier molecular flexibility index (Phi) is 5.14. The van der Waals surface area contributed by atoms with E-state index in [-0.39, 0.29) is 12.4 Å². The van der Waals surface area contributed by atoms with Crippen molar-refractivity contribution in [3.05, 3.63) is 65.9 Å². The molecule has 0 N–H and O–H groups in total. The van der Waals surface area contributed by atoms with Crippen LogP contribution in [0.2, 0.25) is 0 Å². The zero-order valence-corrected chi connectivity index (χ0v) is 14.2. The lowest BCUT2D eigenvalue weighted by Crippen LogP contribution is -2.05. The number of para-hydroxylation sites is 1. The number of rotatable bonds is 6. The molecular formula is C20H19NO4. The van der Waals surface area contributed by atoms with Gasteiger partial charge < -0.3 is 14.2 Å². The summed E-state index contributed by atoms with van der Waals surface area (Å²) in [5.41, 5.74) is 2.57. The topological polar surface area (TPSA) is 57.7 Å². The molecule has 0 bridgehead atoms. The highest BCUT2D eigenvalue weighted by Gasteiger charge is 2.10. The molecule has 0 atom stereocenters. The van der Waals surface area contributed by atoms with Gasteiger partial charge in [0, 0.05) is 5.39 Å². The number of fused-ring (bicyclic) bond motifs is 1. The average Bonchev–Trinajstić information content (AvgIpc) is 2.66. The molecule has 5 nitrogen and oxygen atoms in total. The monoisotopic (exact) mass is 337 g/mol. The standard InChI is InChI=1S/C20H19NO4/c1-23-19-11-14(12-20(22)24-2)7-10-18(19)25-13-16-9-8-15-5-3-4-6-17(15)21-16/h3-11H,12-13H2,1-2H3. The van der Waals surface area contributed by atoms with Gasteiger partial charge in [0.15, 0.2) is 11.5 Å². The average molecular weight is 337 g/mol. The minimum absolute atomic E-state index is 0.194. The second-order valence-electron chi connectivity index (χ2n) is 5.52. The molecule has 128 valence electrons. The molecule has 0 aliphatic heterocycles. The minimum Gasteiger partial charge on any atom is -0.493 e. The van der Waals surface area contributed by atoms with Crippen molar-refractivity contribution in [3.63, 3.8) is 0 Å². The van der Waals surface area contributed by atoms with Crippen molar-refractivity contribution < 1.29 is 19.0 Å². The van der Waals surface area contributed by atoms with Crippen molar-refractivity contribution in [1.29, 1.82) is 0 Å². The summed E-state index contributed by atoms with van der Waals surface area (Å²) < 4.78 is 15.9. The van der Waals surface area contributed by atoms with Gasteiger partial charge in [0.25, 0.3) is 0 Å². The number of benzene rings is 2. The van der Waals surface area contributed by atoms with E-state index < -0.39 is 0 Å². The van der Waals surface area contributed by atoms with Crippen LogP contribution in [0.3, 0.4) is 0 Å². The molecular weight excluding hydrogens is 318 g/mol. The van der Waals surface area contributed by atoms with E-state index in [4.69, 9.17) is 9.47 Å². The van der Waals surface area contributed by atoms with E-state index in [1.165, 1.54) is 7.11 Å². The van der Waals surface area contributed by atoms with Crippen LogP contribution in [0.4, 0.5) is 0 Å². The zero-order chi connectivity index (χ0) is 17.6. The van der Waals surface area contributed by atoms with Gasteiger partial charge in [0.1, 0.15) is 6.61 Å². The predicted molar refractivity (Wildman–Crippen MR) is 94.8 cm³/mol. The molecule has 0 spiro atoms. The Bertz CT molecular complexity index is 892. The summed E-state index contributed by atoms with van der Waals surface area (Å²) in [5.74, 6) is 0.879. The molecule has 2 aromatic carbocycles. The van der Waals surface area contributed by atoms with E-state index in [1.807, 2.05) is 42.5 Å². The Labute approximate surface area is 146 Å². The molecule has 0 aliphatic rings. The Hall–Kier alpha value is -3.08. The van der Waals surface area contributed by atoms with Gasteiger partial charge in [-0.05, 0) is 29.8 Å². The van der Waals surface area contributed by atoms with Gasteiger partial charge in [-0.25, -0.2) is 4.98 Å². The number of carbonyl (C=O) groups excluding carboxylic acids is 1. The Balaban J connectivity index is 1.74. The van der Waals surface area contributed by atoms with Gasteiger partial charge in [-0.1, -0.05) is 30.3 Å². The molecule has 0 saturated carbocycles. The predicted octanol–water partition coefficient (Wildman–Crippen LogP) is 3.54. The van der Waals surface area contributed by atoms with Gasteiger partial charge in [0.2, 0.25) is 0 Å². The van der Waals surface area contributed by atoms with Crippen molar-refractivity contribution in [2.75, 3.05) is 14.2 Å². The van der Waals surface area contributed by atoms with E-state index in [1.54, 1.807) is 19.2 Å². The number of hydrogen-bond acceptors (Lipinski definition) is 5. The maximum atomic E-state index is 11.4. The molecule has 1 heterocycles. The first-order chi connectivity index (χ1) is 12.2. The summed E-state index contributed by atoms with van der Waals surface area (Å²) in [4.78, 5) is 16.0. The number of nitrogens with zero attached hydrogens (tertiary/aromatic N) is 1. The number of esters is 1. The second kappa shape index (κ2) is 7.66. The van der Waals surface area contributed by atoms with Crippen LogP contribution in [0.15, 0.2) is 54.6 Å². The van der Waals surface area contributed by atoms with Crippen LogP contribution in [0.25, 0.3) is 10.9 Å². The van der Waals surface area contributed by atoms with Gasteiger partial charge in [-0.2, -0.15) is 0 Å². The van der Waals surface area contributed by atoms with E-state index in [2.05, 4.69) is 9.72 Å². The lowest BCUT2D eigenvalue weighted by Gasteiger charge is -2.12. The quantitative estimate of drug-likeness (QED) is 0.644. The van der Waals surface area contributed by atoms with E-state index in [9.17, 15) is 4.79 Å². The van der Waals surface area contributed by atoms with Crippen LogP contribution in [0, 0.1) is 0 Å². The normalized spacial score (nSPS) is 10.5. The van der Waals surface area contributed by atoms with Gasteiger partial charge >= 0.3 is 5.97 Å². The Morgan fingerprint density at radius 1 is 1.00 bits per heavy atom. The lowest BCUT2D eigenvalue weighted by atomic mass is 10.1. The fourth-order valence-corrected chi connectivity index (χ4v) is 2.52. The summed E-state index contributed by atoms with van der Waals surface area (Å²) >= 11 is 0. The summed E-state index contributed by atoms with van der Waals surface area (Å²) in [6.45, 7) is 0.331. The highest BCUT2D eigenvalue weighted by atomic mass is 16.5. The first-order valence-corrected chi connectivity index (χ1v) is 7.91. The van der Waals surface area contributed by atoms with Crippen molar-refractivity contribution in [2.45, 2.75) is 13.0 Å². The highest BCUT2D eigenvalue weighted by Crippen LogP contribution is 2.29. The number of hydrogen-bond donors (Lipinski definition) is 0. The Morgan fingerprint density at radius 3 is 2.64 bits per heavy atom. The number of aromatic nitrogens is 1. The molecule has 0 amide bonds. The SMILES string of the molecule is COC(=O)Cc1ccc(OCc2ccc3ccccc3n2)c(OC)c1. The third kappa shape index (κ3) is 4.07. The van der Waals surface area contributed by atoms with Crippen molar-refractivity contribution in [3.8, 4) is 11.5 Å². The van der Waals surface area contributed by atoms with Gasteiger partial charge in [-0.15, -0.1) is 0 Å². The van der Waals surface area contributed by atoms with Crippen LogP contribution in [0.5, 0.6) is 11.5 Å². The van der Waals surface area contributed by atoms with Crippen molar-refractivity contribution in [2.24, 2.45) is 0 Å². The fourth-order valence-electron chi connectivity index (χ4n) is 2.52. The maximum Gasteiger partial charge on any atom is 0.309 e. The largest absolute Gasteiger partial charge is 0.493 e. The third-order valence-electron chi connectivity index (χ3n) is 3.84. The molecule has 3 rings (SSSR count). The van der Waals surface area contributed by atoms with Gasteiger partial charge in [-0.3, -0.25) is 4.79 Å². The van der Waals surface area contributed by atoms with Crippen LogP contribution in [0.1, 0.15) is 11.3 Å². The summed E-state index contributed by atoms with van der Waals surface area (Å²) in [5, 5.41) is 1.09. The van der Waals surface area contributed by atoms with Crippen LogP contribution in [-0.4, -0.2) is 25.2 Å². The molecule has 0 saturated heterocycles. The first kappa shape index (κ1) is 16.8. The van der Waals surface area contributed by atoms with Crippen LogP contribution < -0.4 is 9.47 Å². The third-order valence-corrected chi connectivity index (χ3v) is 3.84. The number of pyridine rings is 1. The van der Waals surface area contributed by atoms with Gasteiger partial charge in [0.05, 0.1) is 31.9 Å². The van der Waals surface area contributed by atoms with Crippen LogP contribution in [-0.2, 0) is 22.6 Å². The first-order valence-electron chi connectivity index (χ1n) is 7.91. The Morgan fingerprint density at radius 2 is 1.84 bits per heavy atom.